The van der Waals surface area contributed by atoms with E-state index in [4.69, 9.17) is 4.74 Å². The molecule has 0 aliphatic rings. The van der Waals surface area contributed by atoms with Crippen molar-refractivity contribution in [2.75, 3.05) is 20.3 Å². The summed E-state index contributed by atoms with van der Waals surface area (Å²) in [5.74, 6) is 0. The number of hydrogen-bond acceptors (Lipinski definition) is 4. The molecular weight excluding hydrogens is 268 g/mol. The minimum Gasteiger partial charge on any atom is -0.385 e. The Kier molecular flexibility index (Phi) is 5.28. The van der Waals surface area contributed by atoms with Crippen molar-refractivity contribution in [3.8, 4) is 0 Å². The van der Waals surface area contributed by atoms with Gasteiger partial charge in [-0.1, -0.05) is 13.8 Å². The van der Waals surface area contributed by atoms with Crippen LogP contribution in [0.25, 0.3) is 0 Å². The number of aromatic amines is 1. The van der Waals surface area contributed by atoms with Gasteiger partial charge in [0.15, 0.2) is 0 Å². The van der Waals surface area contributed by atoms with Gasteiger partial charge in [0.1, 0.15) is 0 Å². The number of H-pyrrole nitrogens is 1. The van der Waals surface area contributed by atoms with Gasteiger partial charge in [0.05, 0.1) is 4.90 Å². The molecule has 1 aromatic rings. The number of methoxy groups -OCH3 is 1. The van der Waals surface area contributed by atoms with Gasteiger partial charge in [-0.05, 0) is 17.9 Å². The highest BCUT2D eigenvalue weighted by atomic mass is 32.2. The molecule has 0 saturated carbocycles. The number of sulfonamides is 1. The van der Waals surface area contributed by atoms with E-state index >= 15 is 0 Å². The largest absolute Gasteiger partial charge is 0.385 e. The lowest BCUT2D eigenvalue weighted by atomic mass is 9.90. The molecule has 0 bridgehead atoms. The SMILES string of the molecule is COCCC(C)(C)CNS(=O)(=O)c1ccc(=O)[nH]c1. The number of pyridine rings is 1. The summed E-state index contributed by atoms with van der Waals surface area (Å²) in [7, 11) is -1.98. The third-order valence-electron chi connectivity index (χ3n) is 2.79. The van der Waals surface area contributed by atoms with E-state index in [1.807, 2.05) is 13.8 Å². The van der Waals surface area contributed by atoms with Gasteiger partial charge in [-0.2, -0.15) is 0 Å². The third-order valence-corrected chi connectivity index (χ3v) is 4.19. The summed E-state index contributed by atoms with van der Waals surface area (Å²) in [5, 5.41) is 0. The van der Waals surface area contributed by atoms with Crippen LogP contribution in [0.3, 0.4) is 0 Å². The molecule has 0 saturated heterocycles. The first-order chi connectivity index (χ1) is 8.77. The van der Waals surface area contributed by atoms with Gasteiger partial charge in [0.25, 0.3) is 0 Å². The van der Waals surface area contributed by atoms with Crippen molar-refractivity contribution in [1.82, 2.24) is 9.71 Å². The van der Waals surface area contributed by atoms with Crippen LogP contribution in [-0.4, -0.2) is 33.7 Å². The van der Waals surface area contributed by atoms with Crippen LogP contribution < -0.4 is 10.3 Å². The van der Waals surface area contributed by atoms with Crippen LogP contribution in [0.2, 0.25) is 0 Å². The topological polar surface area (TPSA) is 88.3 Å². The summed E-state index contributed by atoms with van der Waals surface area (Å²) in [6.07, 6.45) is 1.93. The molecule has 0 aliphatic carbocycles. The summed E-state index contributed by atoms with van der Waals surface area (Å²) >= 11 is 0. The van der Waals surface area contributed by atoms with E-state index in [1.165, 1.54) is 18.3 Å². The molecular formula is C12H20N2O4S. The summed E-state index contributed by atoms with van der Waals surface area (Å²) in [6, 6.07) is 2.47. The molecule has 0 unspecified atom stereocenters. The lowest BCUT2D eigenvalue weighted by molar-refractivity contribution is 0.153. The van der Waals surface area contributed by atoms with E-state index in [2.05, 4.69) is 9.71 Å². The summed E-state index contributed by atoms with van der Waals surface area (Å²) < 4.78 is 31.5. The van der Waals surface area contributed by atoms with Gasteiger partial charge < -0.3 is 9.72 Å². The predicted octanol–water partition coefficient (Wildman–Crippen LogP) is 0.716. The maximum atomic E-state index is 12.0. The second-order valence-electron chi connectivity index (χ2n) is 5.12. The van der Waals surface area contributed by atoms with Gasteiger partial charge >= 0.3 is 0 Å². The van der Waals surface area contributed by atoms with Crippen molar-refractivity contribution in [3.63, 3.8) is 0 Å². The molecule has 0 fully saturated rings. The Morgan fingerprint density at radius 2 is 2.05 bits per heavy atom. The Balaban J connectivity index is 2.70. The zero-order valence-corrected chi connectivity index (χ0v) is 12.2. The highest BCUT2D eigenvalue weighted by Crippen LogP contribution is 2.19. The predicted molar refractivity (Wildman–Crippen MR) is 72.5 cm³/mol. The lowest BCUT2D eigenvalue weighted by Crippen LogP contribution is -2.34. The molecule has 0 spiro atoms. The monoisotopic (exact) mass is 288 g/mol. The molecule has 0 atom stereocenters. The molecule has 0 aromatic carbocycles. The van der Waals surface area contributed by atoms with E-state index in [-0.39, 0.29) is 15.9 Å². The van der Waals surface area contributed by atoms with Crippen LogP contribution in [0.4, 0.5) is 0 Å². The Hall–Kier alpha value is -1.18. The van der Waals surface area contributed by atoms with Crippen LogP contribution >= 0.6 is 0 Å². The number of nitrogens with one attached hydrogen (secondary N) is 2. The Morgan fingerprint density at radius 3 is 2.58 bits per heavy atom. The smallest absolute Gasteiger partial charge is 0.247 e. The van der Waals surface area contributed by atoms with Crippen LogP contribution in [0.1, 0.15) is 20.3 Å². The van der Waals surface area contributed by atoms with Gasteiger partial charge in [-0.3, -0.25) is 4.79 Å². The molecule has 0 amide bonds. The average Bonchev–Trinajstić information content (AvgIpc) is 2.35. The van der Waals surface area contributed by atoms with Gasteiger partial charge in [0, 0.05) is 32.5 Å². The first-order valence-corrected chi connectivity index (χ1v) is 7.42. The van der Waals surface area contributed by atoms with Crippen LogP contribution in [0.15, 0.2) is 28.0 Å². The zero-order valence-electron chi connectivity index (χ0n) is 11.4. The van der Waals surface area contributed by atoms with Gasteiger partial charge in [-0.15, -0.1) is 0 Å². The molecule has 19 heavy (non-hydrogen) atoms. The standard InChI is InChI=1S/C12H20N2O4S/c1-12(2,6-7-18-3)9-14-19(16,17)10-4-5-11(15)13-8-10/h4-5,8,14H,6-7,9H2,1-3H3,(H,13,15). The molecule has 0 radical (unpaired) electrons. The molecule has 108 valence electrons. The fourth-order valence-corrected chi connectivity index (χ4v) is 2.61. The van der Waals surface area contributed by atoms with Crippen LogP contribution in [0, 0.1) is 5.41 Å². The quantitative estimate of drug-likeness (QED) is 0.773. The van der Waals surface area contributed by atoms with Gasteiger partial charge in [0.2, 0.25) is 15.6 Å². The maximum absolute atomic E-state index is 12.0. The fourth-order valence-electron chi connectivity index (χ4n) is 1.40. The number of ether oxygens (including phenoxy) is 1. The highest BCUT2D eigenvalue weighted by molar-refractivity contribution is 7.89. The number of hydrogen-bond donors (Lipinski definition) is 2. The van der Waals surface area contributed by atoms with E-state index in [0.717, 1.165) is 6.42 Å². The number of rotatable bonds is 7. The van der Waals surface area contributed by atoms with Crippen LogP contribution in [0.5, 0.6) is 0 Å². The fraction of sp³-hybridized carbons (Fsp3) is 0.583. The molecule has 1 heterocycles. The zero-order chi connectivity index (χ0) is 14.5. The van der Waals surface area contributed by atoms with Crippen LogP contribution in [-0.2, 0) is 14.8 Å². The minimum atomic E-state index is -3.60. The van der Waals surface area contributed by atoms with Crippen molar-refractivity contribution in [2.24, 2.45) is 5.41 Å². The maximum Gasteiger partial charge on any atom is 0.247 e. The summed E-state index contributed by atoms with van der Waals surface area (Å²) in [4.78, 5) is 13.3. The van der Waals surface area contributed by atoms with Crippen molar-refractivity contribution in [1.29, 1.82) is 0 Å². The third kappa shape index (κ3) is 5.14. The normalized spacial score (nSPS) is 12.6. The first kappa shape index (κ1) is 15.9. The molecule has 7 heteroatoms. The minimum absolute atomic E-state index is 0.0506. The van der Waals surface area contributed by atoms with E-state index in [0.29, 0.717) is 13.2 Å². The Morgan fingerprint density at radius 1 is 1.37 bits per heavy atom. The van der Waals surface area contributed by atoms with Crippen molar-refractivity contribution < 1.29 is 13.2 Å². The van der Waals surface area contributed by atoms with Crippen molar-refractivity contribution in [2.45, 2.75) is 25.2 Å². The van der Waals surface area contributed by atoms with E-state index in [1.54, 1.807) is 7.11 Å². The van der Waals surface area contributed by atoms with E-state index in [9.17, 15) is 13.2 Å². The molecule has 2 N–H and O–H groups in total. The first-order valence-electron chi connectivity index (χ1n) is 5.94. The molecule has 0 aliphatic heterocycles. The van der Waals surface area contributed by atoms with Crippen molar-refractivity contribution in [3.05, 3.63) is 28.7 Å². The number of aromatic nitrogens is 1. The van der Waals surface area contributed by atoms with E-state index < -0.39 is 10.0 Å². The average molecular weight is 288 g/mol. The second kappa shape index (κ2) is 6.31. The highest BCUT2D eigenvalue weighted by Gasteiger charge is 2.22. The lowest BCUT2D eigenvalue weighted by Gasteiger charge is -2.24. The Bertz CT molecular complexity index is 543. The second-order valence-corrected chi connectivity index (χ2v) is 6.89. The van der Waals surface area contributed by atoms with Crippen molar-refractivity contribution >= 4 is 10.0 Å². The summed E-state index contributed by atoms with van der Waals surface area (Å²) in [6.45, 7) is 4.80. The molecule has 6 nitrogen and oxygen atoms in total. The Labute approximate surface area is 113 Å². The van der Waals surface area contributed by atoms with Gasteiger partial charge in [-0.25, -0.2) is 13.1 Å². The molecule has 1 rings (SSSR count). The molecule has 1 aromatic heterocycles. The summed E-state index contributed by atoms with van der Waals surface area (Å²) in [5.41, 5.74) is -0.537.